The molecule has 0 bridgehead atoms. The molecule has 0 spiro atoms. The van der Waals surface area contributed by atoms with Crippen molar-refractivity contribution in [2.75, 3.05) is 0 Å². The van der Waals surface area contributed by atoms with Crippen LogP contribution in [0.1, 0.15) is 25.0 Å². The first-order chi connectivity index (χ1) is 12.4. The number of nitrogens with zero attached hydrogens (tertiary/aromatic N) is 1. The summed E-state index contributed by atoms with van der Waals surface area (Å²) in [5.41, 5.74) is 1.93. The predicted octanol–water partition coefficient (Wildman–Crippen LogP) is 5.06. The molecule has 0 heterocycles. The molecule has 0 saturated carbocycles. The number of carbonyl (C=O) groups excluding carboxylic acids is 1. The number of benzene rings is 2. The first kappa shape index (κ1) is 20.5. The van der Waals surface area contributed by atoms with Crippen LogP contribution in [0.15, 0.2) is 52.5 Å². The molecule has 134 valence electrons. The van der Waals surface area contributed by atoms with E-state index in [1.165, 1.54) is 0 Å². The average molecular weight is 525 g/mol. The summed E-state index contributed by atoms with van der Waals surface area (Å²) in [4.78, 5) is 12.0. The third-order valence-corrected chi connectivity index (χ3v) is 4.73. The SMILES string of the molecule is CC(C)NC(=O)/C(C#N)=C\c1ccc(OCc2ccc(Br)cc2)c(I)c1. The maximum absolute atomic E-state index is 12.0. The van der Waals surface area contributed by atoms with Gasteiger partial charge in [0.15, 0.2) is 0 Å². The highest BCUT2D eigenvalue weighted by molar-refractivity contribution is 14.1. The minimum atomic E-state index is -0.368. The number of halogens is 2. The fourth-order valence-electron chi connectivity index (χ4n) is 2.12. The monoisotopic (exact) mass is 524 g/mol. The number of hydrogen-bond acceptors (Lipinski definition) is 3. The van der Waals surface area contributed by atoms with Gasteiger partial charge in [0.25, 0.3) is 5.91 Å². The van der Waals surface area contributed by atoms with Crippen molar-refractivity contribution < 1.29 is 9.53 Å². The van der Waals surface area contributed by atoms with Gasteiger partial charge in [-0.2, -0.15) is 5.26 Å². The van der Waals surface area contributed by atoms with E-state index in [0.717, 1.165) is 24.9 Å². The Morgan fingerprint density at radius 1 is 1.31 bits per heavy atom. The van der Waals surface area contributed by atoms with Crippen molar-refractivity contribution >= 4 is 50.5 Å². The lowest BCUT2D eigenvalue weighted by molar-refractivity contribution is -0.117. The Bertz CT molecular complexity index is 855. The highest BCUT2D eigenvalue weighted by atomic mass is 127. The molecule has 26 heavy (non-hydrogen) atoms. The van der Waals surface area contributed by atoms with E-state index >= 15 is 0 Å². The van der Waals surface area contributed by atoms with Crippen LogP contribution in [0.4, 0.5) is 0 Å². The third kappa shape index (κ3) is 6.15. The van der Waals surface area contributed by atoms with Gasteiger partial charge >= 0.3 is 0 Å². The van der Waals surface area contributed by atoms with Crippen molar-refractivity contribution in [1.82, 2.24) is 5.32 Å². The Hall–Kier alpha value is -1.85. The number of amides is 1. The van der Waals surface area contributed by atoms with Crippen molar-refractivity contribution in [1.29, 1.82) is 5.26 Å². The fraction of sp³-hybridized carbons (Fsp3) is 0.200. The minimum Gasteiger partial charge on any atom is -0.488 e. The molecule has 0 atom stereocenters. The van der Waals surface area contributed by atoms with Gasteiger partial charge in [-0.1, -0.05) is 34.1 Å². The number of carbonyl (C=O) groups is 1. The summed E-state index contributed by atoms with van der Waals surface area (Å²) in [6, 6.07) is 15.5. The van der Waals surface area contributed by atoms with Crippen molar-refractivity contribution in [2.24, 2.45) is 0 Å². The van der Waals surface area contributed by atoms with Gasteiger partial charge in [0.2, 0.25) is 0 Å². The summed E-state index contributed by atoms with van der Waals surface area (Å²) in [7, 11) is 0. The molecule has 2 aromatic rings. The first-order valence-corrected chi connectivity index (χ1v) is 9.85. The lowest BCUT2D eigenvalue weighted by Gasteiger charge is -2.10. The molecule has 6 heteroatoms. The van der Waals surface area contributed by atoms with Gasteiger partial charge in [0, 0.05) is 10.5 Å². The van der Waals surface area contributed by atoms with Gasteiger partial charge < -0.3 is 10.1 Å². The van der Waals surface area contributed by atoms with Crippen LogP contribution >= 0.6 is 38.5 Å². The van der Waals surface area contributed by atoms with Crippen LogP contribution in [0.5, 0.6) is 5.75 Å². The molecule has 0 aliphatic heterocycles. The molecule has 0 fully saturated rings. The van der Waals surface area contributed by atoms with E-state index in [1.54, 1.807) is 6.08 Å². The van der Waals surface area contributed by atoms with Gasteiger partial charge in [-0.25, -0.2) is 0 Å². The molecule has 1 amide bonds. The molecule has 2 rings (SSSR count). The average Bonchev–Trinajstić information content (AvgIpc) is 2.59. The van der Waals surface area contributed by atoms with Gasteiger partial charge in [0.1, 0.15) is 24.0 Å². The van der Waals surface area contributed by atoms with E-state index in [4.69, 9.17) is 4.74 Å². The van der Waals surface area contributed by atoms with Crippen molar-refractivity contribution in [2.45, 2.75) is 26.5 Å². The molecule has 1 N–H and O–H groups in total. The number of ether oxygens (including phenoxy) is 1. The van der Waals surface area contributed by atoms with Crippen molar-refractivity contribution in [3.63, 3.8) is 0 Å². The molecule has 0 aromatic heterocycles. The second-order valence-electron chi connectivity index (χ2n) is 5.90. The Kier molecular flexibility index (Phi) is 7.66. The molecule has 4 nitrogen and oxygen atoms in total. The molecule has 2 aromatic carbocycles. The van der Waals surface area contributed by atoms with E-state index in [0.29, 0.717) is 6.61 Å². The van der Waals surface area contributed by atoms with Crippen LogP contribution in [0.2, 0.25) is 0 Å². The zero-order chi connectivity index (χ0) is 19.1. The Labute approximate surface area is 175 Å². The summed E-state index contributed by atoms with van der Waals surface area (Å²) < 4.78 is 7.80. The van der Waals surface area contributed by atoms with Gasteiger partial charge in [-0.05, 0) is 77.9 Å². The topological polar surface area (TPSA) is 62.1 Å². The highest BCUT2D eigenvalue weighted by Crippen LogP contribution is 2.24. The Balaban J connectivity index is 2.10. The van der Waals surface area contributed by atoms with Crippen molar-refractivity contribution in [3.8, 4) is 11.8 Å². The quantitative estimate of drug-likeness (QED) is 0.326. The minimum absolute atomic E-state index is 0.0197. The molecule has 0 aliphatic carbocycles. The summed E-state index contributed by atoms with van der Waals surface area (Å²) in [6.07, 6.45) is 1.58. The normalized spacial score (nSPS) is 11.2. The van der Waals surface area contributed by atoms with Gasteiger partial charge in [0.05, 0.1) is 3.57 Å². The predicted molar refractivity (Wildman–Crippen MR) is 115 cm³/mol. The number of hydrogen-bond donors (Lipinski definition) is 1. The summed E-state index contributed by atoms with van der Waals surface area (Å²) in [5.74, 6) is 0.392. The maximum Gasteiger partial charge on any atom is 0.262 e. The van der Waals surface area contributed by atoms with Crippen LogP contribution in [0.3, 0.4) is 0 Å². The number of nitrogens with one attached hydrogen (secondary N) is 1. The standard InChI is InChI=1S/C20H18BrIN2O2/c1-13(2)24-20(25)16(11-23)9-15-5-8-19(18(22)10-15)26-12-14-3-6-17(21)7-4-14/h3-10,13H,12H2,1-2H3,(H,24,25)/b16-9-. The first-order valence-electron chi connectivity index (χ1n) is 7.98. The molecule has 0 saturated heterocycles. The van der Waals surface area contributed by atoms with E-state index in [9.17, 15) is 10.1 Å². The zero-order valence-electron chi connectivity index (χ0n) is 14.4. The van der Waals surface area contributed by atoms with E-state index in [-0.39, 0.29) is 17.5 Å². The molecular formula is C20H18BrIN2O2. The number of rotatable bonds is 6. The summed E-state index contributed by atoms with van der Waals surface area (Å²) in [5, 5.41) is 11.9. The zero-order valence-corrected chi connectivity index (χ0v) is 18.2. The molecule has 0 radical (unpaired) electrons. The lowest BCUT2D eigenvalue weighted by Crippen LogP contribution is -2.30. The molecule has 0 aliphatic rings. The lowest BCUT2D eigenvalue weighted by atomic mass is 10.1. The van der Waals surface area contributed by atoms with Crippen LogP contribution < -0.4 is 10.1 Å². The van der Waals surface area contributed by atoms with E-state index in [2.05, 4.69) is 43.8 Å². The second kappa shape index (κ2) is 9.74. The van der Waals surface area contributed by atoms with Gasteiger partial charge in [-0.15, -0.1) is 0 Å². The molecular weight excluding hydrogens is 507 g/mol. The fourth-order valence-corrected chi connectivity index (χ4v) is 3.08. The largest absolute Gasteiger partial charge is 0.488 e. The van der Waals surface area contributed by atoms with E-state index < -0.39 is 0 Å². The van der Waals surface area contributed by atoms with Gasteiger partial charge in [-0.3, -0.25) is 4.79 Å². The highest BCUT2D eigenvalue weighted by Gasteiger charge is 2.11. The Morgan fingerprint density at radius 2 is 2.00 bits per heavy atom. The maximum atomic E-state index is 12.0. The second-order valence-corrected chi connectivity index (χ2v) is 7.98. The van der Waals surface area contributed by atoms with Crippen LogP contribution in [-0.2, 0) is 11.4 Å². The van der Waals surface area contributed by atoms with E-state index in [1.807, 2.05) is 62.4 Å². The van der Waals surface area contributed by atoms with Crippen LogP contribution in [-0.4, -0.2) is 11.9 Å². The third-order valence-electron chi connectivity index (χ3n) is 3.36. The molecule has 0 unspecified atom stereocenters. The Morgan fingerprint density at radius 3 is 2.58 bits per heavy atom. The summed E-state index contributed by atoms with van der Waals surface area (Å²) in [6.45, 7) is 4.18. The smallest absolute Gasteiger partial charge is 0.262 e. The van der Waals surface area contributed by atoms with Crippen LogP contribution in [0.25, 0.3) is 6.08 Å². The van der Waals surface area contributed by atoms with Crippen molar-refractivity contribution in [3.05, 3.63) is 67.2 Å². The van der Waals surface area contributed by atoms with Crippen LogP contribution in [0, 0.1) is 14.9 Å². The summed E-state index contributed by atoms with van der Waals surface area (Å²) >= 11 is 5.60. The number of nitriles is 1.